The number of nitrogens with zero attached hydrogens (tertiary/aromatic N) is 1. The predicted molar refractivity (Wildman–Crippen MR) is 55.3 cm³/mol. The zero-order valence-electron chi connectivity index (χ0n) is 8.84. The van der Waals surface area contributed by atoms with Crippen molar-refractivity contribution in [2.45, 2.75) is 45.6 Å². The molecule has 0 aromatic rings. The molecule has 0 heterocycles. The standard InChI is InChI=1S/C10H24N2/c1-4-5-9-12(3)10(2)7-6-8-11/h10H,4-9,11H2,1-3H3. The van der Waals surface area contributed by atoms with Gasteiger partial charge in [0.15, 0.2) is 0 Å². The lowest BCUT2D eigenvalue weighted by molar-refractivity contribution is 0.240. The highest BCUT2D eigenvalue weighted by atomic mass is 15.1. The van der Waals surface area contributed by atoms with Crippen molar-refractivity contribution in [2.75, 3.05) is 20.1 Å². The highest BCUT2D eigenvalue weighted by molar-refractivity contribution is 4.63. The van der Waals surface area contributed by atoms with Gasteiger partial charge in [0.05, 0.1) is 0 Å². The van der Waals surface area contributed by atoms with Crippen LogP contribution >= 0.6 is 0 Å². The van der Waals surface area contributed by atoms with Gasteiger partial charge < -0.3 is 10.6 Å². The normalized spacial score (nSPS) is 13.8. The van der Waals surface area contributed by atoms with Crippen LogP contribution in [0.2, 0.25) is 0 Å². The molecule has 0 saturated heterocycles. The molecule has 0 aromatic carbocycles. The van der Waals surface area contributed by atoms with Crippen LogP contribution in [0.1, 0.15) is 39.5 Å². The first-order valence-corrected chi connectivity index (χ1v) is 5.12. The third kappa shape index (κ3) is 5.56. The summed E-state index contributed by atoms with van der Waals surface area (Å²) in [5.74, 6) is 0. The molecule has 1 atom stereocenters. The van der Waals surface area contributed by atoms with Gasteiger partial charge in [-0.05, 0) is 46.3 Å². The molecule has 0 saturated carbocycles. The first-order chi connectivity index (χ1) is 5.72. The first-order valence-electron chi connectivity index (χ1n) is 5.12. The van der Waals surface area contributed by atoms with Crippen LogP contribution in [0.5, 0.6) is 0 Å². The summed E-state index contributed by atoms with van der Waals surface area (Å²) in [6.07, 6.45) is 4.98. The summed E-state index contributed by atoms with van der Waals surface area (Å²) in [5.41, 5.74) is 5.46. The fourth-order valence-corrected chi connectivity index (χ4v) is 1.26. The summed E-state index contributed by atoms with van der Waals surface area (Å²) in [6.45, 7) is 6.57. The van der Waals surface area contributed by atoms with Crippen LogP contribution in [0.25, 0.3) is 0 Å². The molecule has 0 radical (unpaired) electrons. The number of rotatable bonds is 7. The fraction of sp³-hybridized carbons (Fsp3) is 1.00. The van der Waals surface area contributed by atoms with Gasteiger partial charge in [0.2, 0.25) is 0 Å². The maximum Gasteiger partial charge on any atom is 0.00643 e. The van der Waals surface area contributed by atoms with E-state index in [-0.39, 0.29) is 0 Å². The molecule has 74 valence electrons. The smallest absolute Gasteiger partial charge is 0.00643 e. The maximum atomic E-state index is 5.46. The van der Waals surface area contributed by atoms with Crippen LogP contribution in [0.4, 0.5) is 0 Å². The molecule has 0 aliphatic carbocycles. The van der Waals surface area contributed by atoms with E-state index in [0.717, 1.165) is 13.0 Å². The Bertz CT molecular complexity index is 81.8. The van der Waals surface area contributed by atoms with Crippen molar-refractivity contribution in [2.24, 2.45) is 5.73 Å². The average Bonchev–Trinajstić information content (AvgIpc) is 2.10. The molecule has 2 N–H and O–H groups in total. The van der Waals surface area contributed by atoms with Crippen molar-refractivity contribution < 1.29 is 0 Å². The third-order valence-electron chi connectivity index (χ3n) is 2.44. The molecule has 0 aromatic heterocycles. The Balaban J connectivity index is 3.39. The fourth-order valence-electron chi connectivity index (χ4n) is 1.26. The van der Waals surface area contributed by atoms with Crippen LogP contribution in [-0.4, -0.2) is 31.1 Å². The molecule has 0 bridgehead atoms. The lowest BCUT2D eigenvalue weighted by Crippen LogP contribution is -2.30. The molecule has 0 aliphatic heterocycles. The highest BCUT2D eigenvalue weighted by Gasteiger charge is 2.06. The van der Waals surface area contributed by atoms with E-state index in [4.69, 9.17) is 5.73 Å². The summed E-state index contributed by atoms with van der Waals surface area (Å²) in [6, 6.07) is 0.695. The Morgan fingerprint density at radius 3 is 2.50 bits per heavy atom. The zero-order valence-corrected chi connectivity index (χ0v) is 8.84. The SMILES string of the molecule is CCCCN(C)C(C)CCCN. The van der Waals surface area contributed by atoms with Gasteiger partial charge >= 0.3 is 0 Å². The van der Waals surface area contributed by atoms with Gasteiger partial charge in [0, 0.05) is 6.04 Å². The summed E-state index contributed by atoms with van der Waals surface area (Å²) >= 11 is 0. The van der Waals surface area contributed by atoms with Crippen molar-refractivity contribution in [1.29, 1.82) is 0 Å². The van der Waals surface area contributed by atoms with E-state index in [9.17, 15) is 0 Å². The number of unbranched alkanes of at least 4 members (excludes halogenated alkanes) is 1. The second-order valence-corrected chi connectivity index (χ2v) is 3.61. The lowest BCUT2D eigenvalue weighted by atomic mass is 10.1. The largest absolute Gasteiger partial charge is 0.330 e. The average molecular weight is 172 g/mol. The molecule has 0 amide bonds. The predicted octanol–water partition coefficient (Wildman–Crippen LogP) is 1.85. The van der Waals surface area contributed by atoms with E-state index >= 15 is 0 Å². The van der Waals surface area contributed by atoms with Crippen molar-refractivity contribution in [3.63, 3.8) is 0 Å². The molecular weight excluding hydrogens is 148 g/mol. The van der Waals surface area contributed by atoms with Crippen LogP contribution in [-0.2, 0) is 0 Å². The van der Waals surface area contributed by atoms with Gasteiger partial charge in [-0.3, -0.25) is 0 Å². The van der Waals surface area contributed by atoms with E-state index in [1.54, 1.807) is 0 Å². The molecule has 0 aliphatic rings. The highest BCUT2D eigenvalue weighted by Crippen LogP contribution is 2.04. The molecule has 2 heteroatoms. The molecule has 1 unspecified atom stereocenters. The van der Waals surface area contributed by atoms with Gasteiger partial charge in [0.25, 0.3) is 0 Å². The Morgan fingerprint density at radius 2 is 2.00 bits per heavy atom. The number of nitrogens with two attached hydrogens (primary N) is 1. The zero-order chi connectivity index (χ0) is 9.40. The molecule has 12 heavy (non-hydrogen) atoms. The lowest BCUT2D eigenvalue weighted by Gasteiger charge is -2.24. The van der Waals surface area contributed by atoms with E-state index in [1.807, 2.05) is 0 Å². The quantitative estimate of drug-likeness (QED) is 0.635. The van der Waals surface area contributed by atoms with Gasteiger partial charge in [-0.25, -0.2) is 0 Å². The van der Waals surface area contributed by atoms with Crippen LogP contribution in [0.3, 0.4) is 0 Å². The van der Waals surface area contributed by atoms with Crippen molar-refractivity contribution in [3.8, 4) is 0 Å². The first kappa shape index (κ1) is 11.9. The van der Waals surface area contributed by atoms with Crippen LogP contribution in [0.15, 0.2) is 0 Å². The monoisotopic (exact) mass is 172 g/mol. The molecule has 0 spiro atoms. The Hall–Kier alpha value is -0.0800. The van der Waals surface area contributed by atoms with Crippen molar-refractivity contribution in [1.82, 2.24) is 4.90 Å². The Kier molecular flexibility index (Phi) is 7.51. The van der Waals surface area contributed by atoms with Gasteiger partial charge in [0.1, 0.15) is 0 Å². The molecule has 0 rings (SSSR count). The van der Waals surface area contributed by atoms with E-state index in [0.29, 0.717) is 6.04 Å². The summed E-state index contributed by atoms with van der Waals surface area (Å²) in [7, 11) is 2.21. The Morgan fingerprint density at radius 1 is 1.33 bits per heavy atom. The minimum absolute atomic E-state index is 0.695. The summed E-state index contributed by atoms with van der Waals surface area (Å²) in [4.78, 5) is 2.43. The van der Waals surface area contributed by atoms with Gasteiger partial charge in [-0.2, -0.15) is 0 Å². The number of hydrogen-bond donors (Lipinski definition) is 1. The second-order valence-electron chi connectivity index (χ2n) is 3.61. The Labute approximate surface area is 77.1 Å². The minimum atomic E-state index is 0.695. The summed E-state index contributed by atoms with van der Waals surface area (Å²) < 4.78 is 0. The maximum absolute atomic E-state index is 5.46. The summed E-state index contributed by atoms with van der Waals surface area (Å²) in [5, 5.41) is 0. The van der Waals surface area contributed by atoms with Crippen LogP contribution < -0.4 is 5.73 Å². The van der Waals surface area contributed by atoms with Crippen molar-refractivity contribution in [3.05, 3.63) is 0 Å². The van der Waals surface area contributed by atoms with E-state index < -0.39 is 0 Å². The van der Waals surface area contributed by atoms with E-state index in [2.05, 4.69) is 25.8 Å². The van der Waals surface area contributed by atoms with Crippen molar-refractivity contribution >= 4 is 0 Å². The van der Waals surface area contributed by atoms with Gasteiger partial charge in [-0.15, -0.1) is 0 Å². The minimum Gasteiger partial charge on any atom is -0.330 e. The topological polar surface area (TPSA) is 29.3 Å². The third-order valence-corrected chi connectivity index (χ3v) is 2.44. The molecule has 0 fully saturated rings. The second kappa shape index (κ2) is 7.56. The molecule has 2 nitrogen and oxygen atoms in total. The number of hydrogen-bond acceptors (Lipinski definition) is 2. The molecular formula is C10H24N2. The van der Waals surface area contributed by atoms with E-state index in [1.165, 1.54) is 25.8 Å². The van der Waals surface area contributed by atoms with Crippen LogP contribution in [0, 0.1) is 0 Å². The van der Waals surface area contributed by atoms with Gasteiger partial charge in [-0.1, -0.05) is 13.3 Å².